The molecule has 0 aromatic heterocycles. The Bertz CT molecular complexity index is 820. The molecule has 0 bridgehead atoms. The number of anilines is 1. The van der Waals surface area contributed by atoms with Crippen molar-refractivity contribution >= 4 is 33.5 Å². The van der Waals surface area contributed by atoms with Crippen molar-refractivity contribution in [2.45, 2.75) is 6.42 Å². The molecular weight excluding hydrogens is 391 g/mol. The second kappa shape index (κ2) is 8.94. The second-order valence-corrected chi connectivity index (χ2v) is 5.91. The maximum atomic E-state index is 13.9. The first-order valence-corrected chi connectivity index (χ1v) is 8.16. The lowest BCUT2D eigenvalue weighted by Crippen LogP contribution is -2.36. The van der Waals surface area contributed by atoms with E-state index in [2.05, 4.69) is 15.9 Å². The molecular formula is C18H14BrFN2O3. The molecule has 0 spiro atoms. The van der Waals surface area contributed by atoms with Crippen LogP contribution in [0.3, 0.4) is 0 Å². The van der Waals surface area contributed by atoms with E-state index < -0.39 is 24.3 Å². The average Bonchev–Trinajstić information content (AvgIpc) is 2.61. The van der Waals surface area contributed by atoms with E-state index in [1.165, 1.54) is 18.2 Å². The third kappa shape index (κ3) is 5.13. The van der Waals surface area contributed by atoms with Crippen LogP contribution in [0.4, 0.5) is 10.1 Å². The van der Waals surface area contributed by atoms with Crippen molar-refractivity contribution in [3.05, 3.63) is 64.4 Å². The number of hydrogen-bond acceptors (Lipinski definition) is 4. The van der Waals surface area contributed by atoms with E-state index in [9.17, 15) is 14.0 Å². The molecule has 0 N–H and O–H groups in total. The predicted molar refractivity (Wildman–Crippen MR) is 93.4 cm³/mol. The van der Waals surface area contributed by atoms with Crippen LogP contribution in [0.25, 0.3) is 0 Å². The fraction of sp³-hybridized carbons (Fsp3) is 0.167. The topological polar surface area (TPSA) is 70.4 Å². The van der Waals surface area contributed by atoms with Crippen LogP contribution in [0.2, 0.25) is 0 Å². The molecule has 0 saturated carbocycles. The number of nitriles is 1. The molecule has 25 heavy (non-hydrogen) atoms. The Balaban J connectivity index is 2.08. The number of para-hydroxylation sites is 1. The molecule has 0 atom stereocenters. The summed E-state index contributed by atoms with van der Waals surface area (Å²) in [6.07, 6.45) is 0.0274. The summed E-state index contributed by atoms with van der Waals surface area (Å²) in [7, 11) is 0. The Morgan fingerprint density at radius 3 is 2.64 bits per heavy atom. The van der Waals surface area contributed by atoms with Gasteiger partial charge in [-0.2, -0.15) is 5.26 Å². The zero-order valence-electron chi connectivity index (χ0n) is 13.1. The van der Waals surface area contributed by atoms with Crippen LogP contribution in [-0.2, 0) is 9.53 Å². The molecule has 0 fully saturated rings. The van der Waals surface area contributed by atoms with Crippen LogP contribution < -0.4 is 4.90 Å². The van der Waals surface area contributed by atoms with Crippen LogP contribution in [-0.4, -0.2) is 25.0 Å². The Kier molecular flexibility index (Phi) is 6.66. The maximum absolute atomic E-state index is 13.9. The van der Waals surface area contributed by atoms with Crippen LogP contribution in [0, 0.1) is 17.1 Å². The van der Waals surface area contributed by atoms with Gasteiger partial charge in [-0.3, -0.25) is 4.79 Å². The predicted octanol–water partition coefficient (Wildman–Crippen LogP) is 3.69. The Morgan fingerprint density at radius 1 is 1.20 bits per heavy atom. The number of carbonyl (C=O) groups excluding carboxylic acids is 2. The number of hydrogen-bond donors (Lipinski definition) is 0. The van der Waals surface area contributed by atoms with Crippen molar-refractivity contribution in [2.24, 2.45) is 0 Å². The number of benzene rings is 2. The van der Waals surface area contributed by atoms with Gasteiger partial charge in [0.25, 0.3) is 5.91 Å². The van der Waals surface area contributed by atoms with Crippen molar-refractivity contribution in [1.82, 2.24) is 0 Å². The van der Waals surface area contributed by atoms with Gasteiger partial charge in [0.15, 0.2) is 6.61 Å². The smallest absolute Gasteiger partial charge is 0.338 e. The van der Waals surface area contributed by atoms with Gasteiger partial charge in [0, 0.05) is 11.0 Å². The molecule has 0 unspecified atom stereocenters. The highest BCUT2D eigenvalue weighted by Crippen LogP contribution is 2.19. The third-order valence-electron chi connectivity index (χ3n) is 3.28. The second-order valence-electron chi connectivity index (χ2n) is 4.99. The molecule has 128 valence electrons. The molecule has 2 aromatic rings. The summed E-state index contributed by atoms with van der Waals surface area (Å²) >= 11 is 3.25. The monoisotopic (exact) mass is 404 g/mol. The van der Waals surface area contributed by atoms with Gasteiger partial charge in [-0.15, -0.1) is 0 Å². The number of ether oxygens (including phenoxy) is 1. The molecule has 5 nitrogen and oxygen atoms in total. The Morgan fingerprint density at radius 2 is 1.96 bits per heavy atom. The largest absolute Gasteiger partial charge is 0.452 e. The van der Waals surface area contributed by atoms with Gasteiger partial charge in [-0.05, 0) is 30.3 Å². The highest BCUT2D eigenvalue weighted by molar-refractivity contribution is 9.10. The van der Waals surface area contributed by atoms with E-state index in [1.54, 1.807) is 30.3 Å². The van der Waals surface area contributed by atoms with Crippen LogP contribution in [0.1, 0.15) is 16.8 Å². The number of carbonyl (C=O) groups is 2. The van der Waals surface area contributed by atoms with E-state index in [0.29, 0.717) is 4.47 Å². The van der Waals surface area contributed by atoms with Crippen molar-refractivity contribution in [3.63, 3.8) is 0 Å². The van der Waals surface area contributed by atoms with Gasteiger partial charge in [-0.25, -0.2) is 9.18 Å². The van der Waals surface area contributed by atoms with Crippen molar-refractivity contribution in [1.29, 1.82) is 5.26 Å². The number of esters is 1. The summed E-state index contributed by atoms with van der Waals surface area (Å²) in [4.78, 5) is 25.5. The highest BCUT2D eigenvalue weighted by atomic mass is 79.9. The summed E-state index contributed by atoms with van der Waals surface area (Å²) in [5.74, 6) is -1.86. The zero-order valence-corrected chi connectivity index (χ0v) is 14.7. The van der Waals surface area contributed by atoms with Crippen molar-refractivity contribution in [2.75, 3.05) is 18.1 Å². The Hall–Kier alpha value is -2.72. The SMILES string of the molecule is N#CCCN(C(=O)COC(=O)c1cccc(Br)c1)c1ccccc1F. The van der Waals surface area contributed by atoms with Gasteiger partial charge in [-0.1, -0.05) is 34.1 Å². The fourth-order valence-corrected chi connectivity index (χ4v) is 2.52. The first-order chi connectivity index (χ1) is 12.0. The van der Waals surface area contributed by atoms with Crippen LogP contribution in [0.15, 0.2) is 53.0 Å². The molecule has 0 saturated heterocycles. The number of rotatable bonds is 6. The average molecular weight is 405 g/mol. The number of nitrogens with zero attached hydrogens (tertiary/aromatic N) is 2. The van der Waals surface area contributed by atoms with Gasteiger partial charge >= 0.3 is 5.97 Å². The normalized spacial score (nSPS) is 9.96. The zero-order chi connectivity index (χ0) is 18.2. The minimum absolute atomic E-state index is 0.00466. The lowest BCUT2D eigenvalue weighted by molar-refractivity contribution is -0.121. The van der Waals surface area contributed by atoms with Crippen molar-refractivity contribution < 1.29 is 18.7 Å². The molecule has 0 aliphatic rings. The van der Waals surface area contributed by atoms with E-state index in [1.807, 2.05) is 6.07 Å². The fourth-order valence-electron chi connectivity index (χ4n) is 2.12. The number of halogens is 2. The molecule has 0 aliphatic carbocycles. The Labute approximate surface area is 152 Å². The first-order valence-electron chi connectivity index (χ1n) is 7.37. The quantitative estimate of drug-likeness (QED) is 0.688. The molecule has 0 radical (unpaired) electrons. The highest BCUT2D eigenvalue weighted by Gasteiger charge is 2.20. The first kappa shape index (κ1) is 18.6. The minimum atomic E-state index is -0.664. The summed E-state index contributed by atoms with van der Waals surface area (Å²) in [6, 6.07) is 14.2. The van der Waals surface area contributed by atoms with E-state index >= 15 is 0 Å². The van der Waals surface area contributed by atoms with Crippen LogP contribution >= 0.6 is 15.9 Å². The van der Waals surface area contributed by atoms with E-state index in [0.717, 1.165) is 4.90 Å². The van der Waals surface area contributed by atoms with E-state index in [4.69, 9.17) is 10.00 Å². The van der Waals surface area contributed by atoms with Crippen molar-refractivity contribution in [3.8, 4) is 6.07 Å². The molecule has 2 aromatic carbocycles. The molecule has 0 heterocycles. The molecule has 2 rings (SSSR count). The maximum Gasteiger partial charge on any atom is 0.338 e. The molecule has 7 heteroatoms. The lowest BCUT2D eigenvalue weighted by atomic mass is 10.2. The van der Waals surface area contributed by atoms with E-state index in [-0.39, 0.29) is 24.2 Å². The summed E-state index contributed by atoms with van der Waals surface area (Å²) in [5, 5.41) is 8.73. The molecule has 0 aliphatic heterocycles. The van der Waals surface area contributed by atoms with Gasteiger partial charge in [0.2, 0.25) is 0 Å². The van der Waals surface area contributed by atoms with Crippen LogP contribution in [0.5, 0.6) is 0 Å². The minimum Gasteiger partial charge on any atom is -0.452 e. The lowest BCUT2D eigenvalue weighted by Gasteiger charge is -2.22. The van der Waals surface area contributed by atoms with Gasteiger partial charge in [0.05, 0.1) is 23.7 Å². The summed E-state index contributed by atoms with van der Waals surface area (Å²) in [6.45, 7) is -0.546. The van der Waals surface area contributed by atoms with Gasteiger partial charge < -0.3 is 9.64 Å². The number of amides is 1. The summed E-state index contributed by atoms with van der Waals surface area (Å²) in [5.41, 5.74) is 0.331. The third-order valence-corrected chi connectivity index (χ3v) is 3.77. The molecule has 1 amide bonds. The standard InChI is InChI=1S/C18H14BrFN2O3/c19-14-6-3-5-13(11-14)18(24)25-12-17(23)22(10-4-9-21)16-8-2-1-7-15(16)20/h1-3,5-8,11H,4,10,12H2. The summed E-state index contributed by atoms with van der Waals surface area (Å²) < 4.78 is 19.7. The van der Waals surface area contributed by atoms with Gasteiger partial charge in [0.1, 0.15) is 5.82 Å².